The third-order valence-corrected chi connectivity index (χ3v) is 9.45. The van der Waals surface area contributed by atoms with Crippen molar-refractivity contribution in [2.75, 3.05) is 12.8 Å². The Kier molecular flexibility index (Phi) is 8.80. The van der Waals surface area contributed by atoms with Crippen molar-refractivity contribution in [2.45, 2.75) is 81.4 Å². The van der Waals surface area contributed by atoms with Gasteiger partial charge < -0.3 is 20.9 Å². The zero-order valence-corrected chi connectivity index (χ0v) is 22.8. The SMILES string of the molecule is C=CCC1(CC=C)C[C@@H]2SCC[C@H](NC(=O)[C@H](C)NC)C(=O)N2[C@H]1C(=O)N[C@@H]1CCCc2ccccc21. The average Bonchev–Trinajstić information content (AvgIpc) is 3.13. The molecule has 3 N–H and O–H groups in total. The van der Waals surface area contributed by atoms with E-state index in [9.17, 15) is 14.4 Å². The summed E-state index contributed by atoms with van der Waals surface area (Å²) in [5.74, 6) is 0.212. The molecule has 200 valence electrons. The van der Waals surface area contributed by atoms with Crippen LogP contribution in [0.4, 0.5) is 0 Å². The molecule has 0 radical (unpaired) electrons. The number of likely N-dealkylation sites (N-methyl/N-ethyl adjacent to an activating group) is 1. The van der Waals surface area contributed by atoms with Gasteiger partial charge in [0.25, 0.3) is 0 Å². The number of amides is 3. The summed E-state index contributed by atoms with van der Waals surface area (Å²) in [7, 11) is 1.72. The molecule has 4 rings (SSSR count). The number of fused-ring (bicyclic) bond motifs is 2. The molecule has 2 aliphatic heterocycles. The fourth-order valence-corrected chi connectivity index (χ4v) is 7.70. The van der Waals surface area contributed by atoms with E-state index >= 15 is 0 Å². The van der Waals surface area contributed by atoms with Crippen LogP contribution in [0.25, 0.3) is 0 Å². The third kappa shape index (κ3) is 5.50. The summed E-state index contributed by atoms with van der Waals surface area (Å²) < 4.78 is 0. The monoisotopic (exact) mass is 524 g/mol. The van der Waals surface area contributed by atoms with Gasteiger partial charge in [0.05, 0.1) is 17.5 Å². The highest BCUT2D eigenvalue weighted by Crippen LogP contribution is 2.51. The van der Waals surface area contributed by atoms with E-state index in [1.54, 1.807) is 30.6 Å². The van der Waals surface area contributed by atoms with E-state index in [1.807, 2.05) is 24.3 Å². The van der Waals surface area contributed by atoms with Crippen molar-refractivity contribution in [3.8, 4) is 0 Å². The highest BCUT2D eigenvalue weighted by molar-refractivity contribution is 7.99. The first kappa shape index (κ1) is 27.5. The minimum absolute atomic E-state index is 0.0802. The molecule has 0 unspecified atom stereocenters. The molecule has 5 atom stereocenters. The van der Waals surface area contributed by atoms with Gasteiger partial charge in [0.15, 0.2) is 0 Å². The lowest BCUT2D eigenvalue weighted by Gasteiger charge is -2.38. The predicted molar refractivity (Wildman–Crippen MR) is 149 cm³/mol. The van der Waals surface area contributed by atoms with Crippen molar-refractivity contribution in [3.63, 3.8) is 0 Å². The second-order valence-electron chi connectivity index (χ2n) is 10.5. The minimum atomic E-state index is -0.665. The Hall–Kier alpha value is -2.58. The lowest BCUT2D eigenvalue weighted by Crippen LogP contribution is -2.58. The summed E-state index contributed by atoms with van der Waals surface area (Å²) in [6.07, 6.45) is 9.05. The molecule has 1 aliphatic carbocycles. The largest absolute Gasteiger partial charge is 0.347 e. The molecule has 8 heteroatoms. The smallest absolute Gasteiger partial charge is 0.246 e. The van der Waals surface area contributed by atoms with E-state index in [4.69, 9.17) is 0 Å². The van der Waals surface area contributed by atoms with Crippen LogP contribution >= 0.6 is 11.8 Å². The van der Waals surface area contributed by atoms with Crippen LogP contribution in [-0.4, -0.2) is 58.9 Å². The Morgan fingerprint density at radius 2 is 1.89 bits per heavy atom. The van der Waals surface area contributed by atoms with Crippen LogP contribution in [-0.2, 0) is 20.8 Å². The number of carbonyl (C=O) groups excluding carboxylic acids is 3. The maximum atomic E-state index is 14.2. The number of rotatable bonds is 9. The molecule has 37 heavy (non-hydrogen) atoms. The Labute approximate surface area is 224 Å². The first-order valence-corrected chi connectivity index (χ1v) is 14.4. The molecular weight excluding hydrogens is 484 g/mol. The number of hydrogen-bond acceptors (Lipinski definition) is 5. The minimum Gasteiger partial charge on any atom is -0.347 e. The van der Waals surface area contributed by atoms with Crippen LogP contribution in [0.2, 0.25) is 0 Å². The van der Waals surface area contributed by atoms with E-state index in [1.165, 1.54) is 5.56 Å². The molecule has 2 fully saturated rings. The van der Waals surface area contributed by atoms with Crippen LogP contribution in [0.5, 0.6) is 0 Å². The standard InChI is InChI=1S/C29H40N4O3S/c1-5-15-29(16-6-2)18-24-33(28(36)23(14-17-37-24)32-26(34)19(3)30-4)25(29)27(35)31-22-13-9-11-20-10-7-8-12-21(20)22/h5-8,10,12,19,22-25,30H,1-2,9,11,13-18H2,3-4H3,(H,31,35)(H,32,34)/t19-,22+,23-,24-,25-/m0/s1. The van der Waals surface area contributed by atoms with Crippen molar-refractivity contribution >= 4 is 29.5 Å². The highest BCUT2D eigenvalue weighted by Gasteiger charge is 2.57. The Bertz CT molecular complexity index is 1030. The quantitative estimate of drug-likeness (QED) is 0.431. The number of benzene rings is 1. The molecule has 2 heterocycles. The number of hydrogen-bond donors (Lipinski definition) is 3. The maximum absolute atomic E-state index is 14.2. The second kappa shape index (κ2) is 11.9. The van der Waals surface area contributed by atoms with Crippen molar-refractivity contribution in [1.29, 1.82) is 0 Å². The molecule has 7 nitrogen and oxygen atoms in total. The Balaban J connectivity index is 1.67. The van der Waals surface area contributed by atoms with Gasteiger partial charge in [0, 0.05) is 5.41 Å². The van der Waals surface area contributed by atoms with E-state index < -0.39 is 23.5 Å². The molecule has 0 bridgehead atoms. The Morgan fingerprint density at radius 3 is 2.59 bits per heavy atom. The number of aryl methyl sites for hydroxylation is 1. The summed E-state index contributed by atoms with van der Waals surface area (Å²) in [5.41, 5.74) is 1.95. The van der Waals surface area contributed by atoms with E-state index in [0.29, 0.717) is 25.7 Å². The summed E-state index contributed by atoms with van der Waals surface area (Å²) in [6.45, 7) is 9.74. The number of nitrogens with one attached hydrogen (secondary N) is 3. The second-order valence-corrected chi connectivity index (χ2v) is 11.8. The summed E-state index contributed by atoms with van der Waals surface area (Å²) >= 11 is 1.70. The maximum Gasteiger partial charge on any atom is 0.246 e. The van der Waals surface area contributed by atoms with Crippen LogP contribution in [0.3, 0.4) is 0 Å². The normalized spacial score (nSPS) is 27.3. The highest BCUT2D eigenvalue weighted by atomic mass is 32.2. The van der Waals surface area contributed by atoms with Gasteiger partial charge in [-0.2, -0.15) is 0 Å². The predicted octanol–water partition coefficient (Wildman–Crippen LogP) is 3.48. The number of carbonyl (C=O) groups is 3. The number of thioether (sulfide) groups is 1. The van der Waals surface area contributed by atoms with Gasteiger partial charge in [0.1, 0.15) is 12.1 Å². The number of nitrogens with zero attached hydrogens (tertiary/aromatic N) is 1. The van der Waals surface area contributed by atoms with Crippen LogP contribution in [0.1, 0.15) is 62.6 Å². The molecule has 0 aromatic heterocycles. The molecule has 0 spiro atoms. The fraction of sp³-hybridized carbons (Fsp3) is 0.552. The first-order valence-electron chi connectivity index (χ1n) is 13.4. The van der Waals surface area contributed by atoms with Gasteiger partial charge in [-0.25, -0.2) is 0 Å². The molecule has 1 aromatic carbocycles. The average molecular weight is 525 g/mol. The molecule has 3 aliphatic rings. The summed E-state index contributed by atoms with van der Waals surface area (Å²) in [4.78, 5) is 42.7. The zero-order chi connectivity index (χ0) is 26.6. The van der Waals surface area contributed by atoms with Crippen molar-refractivity contribution < 1.29 is 14.4 Å². The molecule has 3 amide bonds. The van der Waals surface area contributed by atoms with Crippen molar-refractivity contribution in [3.05, 3.63) is 60.7 Å². The molecule has 1 aromatic rings. The van der Waals surface area contributed by atoms with E-state index in [2.05, 4.69) is 41.2 Å². The molecular formula is C29H40N4O3S. The van der Waals surface area contributed by atoms with Gasteiger partial charge in [-0.3, -0.25) is 14.4 Å². The van der Waals surface area contributed by atoms with Crippen molar-refractivity contribution in [1.82, 2.24) is 20.9 Å². The zero-order valence-electron chi connectivity index (χ0n) is 22.0. The first-order chi connectivity index (χ1) is 17.8. The third-order valence-electron chi connectivity index (χ3n) is 8.20. The van der Waals surface area contributed by atoms with Gasteiger partial charge in [-0.05, 0) is 75.8 Å². The van der Waals surface area contributed by atoms with E-state index in [-0.39, 0.29) is 29.1 Å². The van der Waals surface area contributed by atoms with Crippen molar-refractivity contribution in [2.24, 2.45) is 5.41 Å². The van der Waals surface area contributed by atoms with E-state index in [0.717, 1.165) is 30.6 Å². The topological polar surface area (TPSA) is 90.5 Å². The lowest BCUT2D eigenvalue weighted by atomic mass is 9.73. The number of allylic oxidation sites excluding steroid dienone is 2. The Morgan fingerprint density at radius 1 is 1.16 bits per heavy atom. The summed E-state index contributed by atoms with van der Waals surface area (Å²) in [5, 5.41) is 9.07. The van der Waals surface area contributed by atoms with Gasteiger partial charge in [-0.1, -0.05) is 36.4 Å². The van der Waals surface area contributed by atoms with Crippen LogP contribution in [0.15, 0.2) is 49.6 Å². The van der Waals surface area contributed by atoms with Crippen LogP contribution in [0, 0.1) is 5.41 Å². The van der Waals surface area contributed by atoms with Crippen LogP contribution < -0.4 is 16.0 Å². The summed E-state index contributed by atoms with van der Waals surface area (Å²) in [6, 6.07) is 6.47. The van der Waals surface area contributed by atoms with Gasteiger partial charge in [0.2, 0.25) is 17.7 Å². The fourth-order valence-electron chi connectivity index (χ4n) is 6.22. The molecule has 2 saturated heterocycles. The molecule has 0 saturated carbocycles. The van der Waals surface area contributed by atoms with Gasteiger partial charge in [-0.15, -0.1) is 24.9 Å². The lowest BCUT2D eigenvalue weighted by molar-refractivity contribution is -0.144. The van der Waals surface area contributed by atoms with Gasteiger partial charge >= 0.3 is 0 Å².